The molecule has 0 aliphatic heterocycles. The highest BCUT2D eigenvalue weighted by Gasteiger charge is 2.22. The molecule has 210 valence electrons. The van der Waals surface area contributed by atoms with Gasteiger partial charge in [0.25, 0.3) is 0 Å². The highest BCUT2D eigenvalue weighted by atomic mass is 15.0. The standard InChI is InChI=1S/C41H26N4/c1-3-15-27(16-4-1)39-42-40(28-17-5-2-6-18-28)44-41(43-39)37-31-21-7-9-23-33(31)38(34-24-10-8-22-32(34)37)45-35-25-13-11-19-29(35)30-20-12-14-26-36(30)45/h1-26H. The van der Waals surface area contributed by atoms with Gasteiger partial charge in [-0.15, -0.1) is 0 Å². The van der Waals surface area contributed by atoms with Gasteiger partial charge in [-0.1, -0.05) is 146 Å². The number of para-hydroxylation sites is 2. The lowest BCUT2D eigenvalue weighted by Gasteiger charge is -2.19. The number of rotatable bonds is 4. The first-order chi connectivity index (χ1) is 22.3. The van der Waals surface area contributed by atoms with Crippen molar-refractivity contribution in [2.45, 2.75) is 0 Å². The van der Waals surface area contributed by atoms with Crippen molar-refractivity contribution in [1.29, 1.82) is 0 Å². The Labute approximate surface area is 259 Å². The van der Waals surface area contributed by atoms with Gasteiger partial charge in [-0.2, -0.15) is 0 Å². The first kappa shape index (κ1) is 25.4. The molecule has 4 heteroatoms. The third-order valence-corrected chi connectivity index (χ3v) is 8.63. The summed E-state index contributed by atoms with van der Waals surface area (Å²) in [5, 5.41) is 6.95. The van der Waals surface area contributed by atoms with E-state index >= 15 is 0 Å². The van der Waals surface area contributed by atoms with Crippen LogP contribution in [0.4, 0.5) is 0 Å². The van der Waals surface area contributed by atoms with Crippen LogP contribution in [0.3, 0.4) is 0 Å². The normalized spacial score (nSPS) is 11.6. The molecule has 0 saturated heterocycles. The summed E-state index contributed by atoms with van der Waals surface area (Å²) in [6.07, 6.45) is 0. The molecule has 0 saturated carbocycles. The SMILES string of the molecule is c1ccc(-c2nc(-c3ccccc3)nc(-c3c4ccccc4c(-n4c5ccccc5c5ccccc54)c4ccccc34)n2)cc1. The second kappa shape index (κ2) is 10.2. The van der Waals surface area contributed by atoms with Crippen LogP contribution in [0, 0.1) is 0 Å². The first-order valence-corrected chi connectivity index (χ1v) is 15.1. The largest absolute Gasteiger partial charge is 0.308 e. The van der Waals surface area contributed by atoms with E-state index < -0.39 is 0 Å². The number of hydrogen-bond donors (Lipinski definition) is 0. The van der Waals surface area contributed by atoms with Crippen LogP contribution in [0.15, 0.2) is 158 Å². The van der Waals surface area contributed by atoms with Crippen LogP contribution in [-0.2, 0) is 0 Å². The molecule has 0 aliphatic rings. The van der Waals surface area contributed by atoms with Gasteiger partial charge in [0.15, 0.2) is 17.5 Å². The first-order valence-electron chi connectivity index (χ1n) is 15.1. The molecule has 45 heavy (non-hydrogen) atoms. The van der Waals surface area contributed by atoms with Crippen molar-refractivity contribution in [2.75, 3.05) is 0 Å². The van der Waals surface area contributed by atoms with Gasteiger partial charge in [-0.25, -0.2) is 15.0 Å². The van der Waals surface area contributed by atoms with Crippen LogP contribution in [0.1, 0.15) is 0 Å². The van der Waals surface area contributed by atoms with Crippen molar-refractivity contribution in [1.82, 2.24) is 19.5 Å². The van der Waals surface area contributed by atoms with E-state index in [4.69, 9.17) is 15.0 Å². The van der Waals surface area contributed by atoms with Gasteiger partial charge in [-0.05, 0) is 22.9 Å². The van der Waals surface area contributed by atoms with Crippen LogP contribution >= 0.6 is 0 Å². The van der Waals surface area contributed by atoms with Crippen LogP contribution < -0.4 is 0 Å². The van der Waals surface area contributed by atoms with Crippen LogP contribution in [-0.4, -0.2) is 19.5 Å². The Morgan fingerprint density at radius 3 is 1.13 bits per heavy atom. The molecular formula is C41H26N4. The predicted molar refractivity (Wildman–Crippen MR) is 185 cm³/mol. The molecule has 0 fully saturated rings. The van der Waals surface area contributed by atoms with Gasteiger partial charge in [-0.3, -0.25) is 0 Å². The van der Waals surface area contributed by atoms with E-state index in [2.05, 4.69) is 126 Å². The molecule has 9 rings (SSSR count). The van der Waals surface area contributed by atoms with E-state index in [9.17, 15) is 0 Å². The number of aromatic nitrogens is 4. The molecule has 0 amide bonds. The second-order valence-corrected chi connectivity index (χ2v) is 11.2. The second-order valence-electron chi connectivity index (χ2n) is 11.2. The highest BCUT2D eigenvalue weighted by Crippen LogP contribution is 2.43. The Balaban J connectivity index is 1.42. The average Bonchev–Trinajstić information content (AvgIpc) is 3.45. The summed E-state index contributed by atoms with van der Waals surface area (Å²) in [7, 11) is 0. The lowest BCUT2D eigenvalue weighted by atomic mass is 9.93. The molecule has 7 aromatic carbocycles. The summed E-state index contributed by atoms with van der Waals surface area (Å²) in [5.41, 5.74) is 6.42. The molecule has 9 aromatic rings. The molecule has 0 atom stereocenters. The predicted octanol–water partition coefficient (Wildman–Crippen LogP) is 10.3. The third-order valence-electron chi connectivity index (χ3n) is 8.63. The smallest absolute Gasteiger partial charge is 0.165 e. The maximum absolute atomic E-state index is 5.16. The fraction of sp³-hybridized carbons (Fsp3) is 0. The Morgan fingerprint density at radius 1 is 0.311 bits per heavy atom. The number of nitrogens with zero attached hydrogens (tertiary/aromatic N) is 4. The molecule has 0 bridgehead atoms. The van der Waals surface area contributed by atoms with Gasteiger partial charge in [0, 0.05) is 38.2 Å². The van der Waals surface area contributed by atoms with Crippen molar-refractivity contribution in [3.05, 3.63) is 158 Å². The van der Waals surface area contributed by atoms with Crippen molar-refractivity contribution < 1.29 is 0 Å². The van der Waals surface area contributed by atoms with Gasteiger partial charge in [0.1, 0.15) is 0 Å². The van der Waals surface area contributed by atoms with Crippen molar-refractivity contribution in [2.24, 2.45) is 0 Å². The Kier molecular flexibility index (Phi) is 5.78. The molecule has 0 radical (unpaired) electrons. The zero-order chi connectivity index (χ0) is 29.7. The van der Waals surface area contributed by atoms with Gasteiger partial charge in [0.05, 0.1) is 16.7 Å². The number of benzene rings is 7. The lowest BCUT2D eigenvalue weighted by Crippen LogP contribution is -2.03. The summed E-state index contributed by atoms with van der Waals surface area (Å²) in [4.78, 5) is 15.3. The Morgan fingerprint density at radius 2 is 0.667 bits per heavy atom. The quantitative estimate of drug-likeness (QED) is 0.196. The summed E-state index contributed by atoms with van der Waals surface area (Å²) in [6, 6.07) is 55.0. The highest BCUT2D eigenvalue weighted by molar-refractivity contribution is 6.20. The minimum Gasteiger partial charge on any atom is -0.308 e. The van der Waals surface area contributed by atoms with E-state index in [1.54, 1.807) is 0 Å². The fourth-order valence-electron chi connectivity index (χ4n) is 6.67. The summed E-state index contributed by atoms with van der Waals surface area (Å²) >= 11 is 0. The molecule has 0 spiro atoms. The van der Waals surface area contributed by atoms with Crippen LogP contribution in [0.25, 0.3) is 83.2 Å². The van der Waals surface area contributed by atoms with Crippen molar-refractivity contribution in [3.63, 3.8) is 0 Å². The third kappa shape index (κ3) is 4.04. The average molecular weight is 575 g/mol. The number of hydrogen-bond acceptors (Lipinski definition) is 3. The molecule has 4 nitrogen and oxygen atoms in total. The zero-order valence-corrected chi connectivity index (χ0v) is 24.3. The van der Waals surface area contributed by atoms with Crippen LogP contribution in [0.2, 0.25) is 0 Å². The van der Waals surface area contributed by atoms with Crippen LogP contribution in [0.5, 0.6) is 0 Å². The van der Waals surface area contributed by atoms with Crippen molar-refractivity contribution in [3.8, 4) is 39.9 Å². The Bertz CT molecular complexity index is 2360. The minimum absolute atomic E-state index is 0.652. The van der Waals surface area contributed by atoms with E-state index in [1.165, 1.54) is 21.8 Å². The van der Waals surface area contributed by atoms with Gasteiger partial charge in [0.2, 0.25) is 0 Å². The summed E-state index contributed by atoms with van der Waals surface area (Å²) < 4.78 is 2.43. The van der Waals surface area contributed by atoms with Gasteiger partial charge >= 0.3 is 0 Å². The fourth-order valence-corrected chi connectivity index (χ4v) is 6.67. The van der Waals surface area contributed by atoms with Crippen molar-refractivity contribution >= 4 is 43.4 Å². The maximum atomic E-state index is 5.16. The van der Waals surface area contributed by atoms with E-state index in [-0.39, 0.29) is 0 Å². The number of fused-ring (bicyclic) bond motifs is 5. The van der Waals surface area contributed by atoms with E-state index in [0.717, 1.165) is 43.9 Å². The summed E-state index contributed by atoms with van der Waals surface area (Å²) in [6.45, 7) is 0. The topological polar surface area (TPSA) is 43.6 Å². The van der Waals surface area contributed by atoms with E-state index in [1.807, 2.05) is 36.4 Å². The maximum Gasteiger partial charge on any atom is 0.165 e. The zero-order valence-electron chi connectivity index (χ0n) is 24.3. The molecule has 2 aromatic heterocycles. The monoisotopic (exact) mass is 574 g/mol. The molecule has 0 unspecified atom stereocenters. The lowest BCUT2D eigenvalue weighted by molar-refractivity contribution is 1.08. The van der Waals surface area contributed by atoms with E-state index in [0.29, 0.717) is 17.5 Å². The molecule has 2 heterocycles. The van der Waals surface area contributed by atoms with Gasteiger partial charge < -0.3 is 4.57 Å². The summed E-state index contributed by atoms with van der Waals surface area (Å²) in [5.74, 6) is 1.96. The molecule has 0 N–H and O–H groups in total. The molecule has 0 aliphatic carbocycles. The molecular weight excluding hydrogens is 548 g/mol. The minimum atomic E-state index is 0.652. The Hall–Kier alpha value is -6.13.